The van der Waals surface area contributed by atoms with E-state index in [1.165, 1.54) is 14.2 Å². The van der Waals surface area contributed by atoms with Crippen LogP contribution in [0.3, 0.4) is 0 Å². The molecule has 0 spiro atoms. The van der Waals surface area contributed by atoms with Crippen molar-refractivity contribution in [2.24, 2.45) is 0 Å². The molecule has 10 nitrogen and oxygen atoms in total. The van der Waals surface area contributed by atoms with E-state index in [-0.39, 0.29) is 35.9 Å². The number of amides is 1. The minimum atomic E-state index is -0.719. The molecule has 0 radical (unpaired) electrons. The molecule has 1 amide bonds. The molecule has 2 atom stereocenters. The van der Waals surface area contributed by atoms with Crippen molar-refractivity contribution >= 4 is 29.4 Å². The van der Waals surface area contributed by atoms with Crippen molar-refractivity contribution in [1.82, 2.24) is 10.3 Å². The number of pyridine rings is 1. The summed E-state index contributed by atoms with van der Waals surface area (Å²) in [4.78, 5) is 29.5. The summed E-state index contributed by atoms with van der Waals surface area (Å²) in [5.41, 5.74) is -0.190. The van der Waals surface area contributed by atoms with Crippen LogP contribution in [0.1, 0.15) is 63.7 Å². The van der Waals surface area contributed by atoms with E-state index in [2.05, 4.69) is 20.9 Å². The van der Waals surface area contributed by atoms with Crippen LogP contribution < -0.4 is 25.4 Å². The Bertz CT molecular complexity index is 1120. The summed E-state index contributed by atoms with van der Waals surface area (Å²) in [5, 5.41) is 9.11. The molecule has 0 bridgehead atoms. The molecule has 1 fully saturated rings. The van der Waals surface area contributed by atoms with Crippen LogP contribution in [0.25, 0.3) is 0 Å². The minimum absolute atomic E-state index is 0.0571. The molecule has 2 aromatic rings. The lowest BCUT2D eigenvalue weighted by molar-refractivity contribution is 0.0485. The van der Waals surface area contributed by atoms with Gasteiger partial charge in [-0.1, -0.05) is 12.8 Å². The van der Waals surface area contributed by atoms with Crippen LogP contribution in [0.2, 0.25) is 0 Å². The maximum atomic E-state index is 15.3. The second kappa shape index (κ2) is 12.7. The zero-order valence-corrected chi connectivity index (χ0v) is 22.8. The molecule has 1 aromatic carbocycles. The van der Waals surface area contributed by atoms with Crippen LogP contribution in [0.15, 0.2) is 24.3 Å². The standard InChI is InChI=1S/C27H37FN4O6/c1-7-37-25(33)19-15-20(28)24(32-23(19)29-16-12-17(35-5)14-18(13-16)36-6)30-21-10-8-9-11-22(21)31-26(34)38-27(2,3)4/h12-15,21-22H,7-11H2,1-6H3,(H,31,34)(H2,29,30,32)/t21-,22+/m1/s1. The zero-order valence-electron chi connectivity index (χ0n) is 22.8. The maximum Gasteiger partial charge on any atom is 0.407 e. The fourth-order valence-electron chi connectivity index (χ4n) is 4.18. The number of rotatable bonds is 9. The Labute approximate surface area is 222 Å². The Morgan fingerprint density at radius 3 is 2.21 bits per heavy atom. The van der Waals surface area contributed by atoms with Gasteiger partial charge < -0.3 is 34.9 Å². The molecule has 1 aliphatic rings. The molecule has 1 aliphatic carbocycles. The summed E-state index contributed by atoms with van der Waals surface area (Å²) in [7, 11) is 3.04. The van der Waals surface area contributed by atoms with Crippen molar-refractivity contribution in [2.75, 3.05) is 31.5 Å². The summed E-state index contributed by atoms with van der Waals surface area (Å²) in [6, 6.07) is 5.59. The van der Waals surface area contributed by atoms with Gasteiger partial charge in [0.15, 0.2) is 11.6 Å². The van der Waals surface area contributed by atoms with Crippen molar-refractivity contribution in [3.63, 3.8) is 0 Å². The van der Waals surface area contributed by atoms with Gasteiger partial charge in [-0.3, -0.25) is 0 Å². The van der Waals surface area contributed by atoms with Gasteiger partial charge in [-0.15, -0.1) is 0 Å². The van der Waals surface area contributed by atoms with Gasteiger partial charge in [-0.2, -0.15) is 0 Å². The molecule has 11 heteroatoms. The number of aromatic nitrogens is 1. The summed E-state index contributed by atoms with van der Waals surface area (Å²) in [6.45, 7) is 7.16. The highest BCUT2D eigenvalue weighted by Gasteiger charge is 2.30. The minimum Gasteiger partial charge on any atom is -0.497 e. The monoisotopic (exact) mass is 532 g/mol. The first-order chi connectivity index (χ1) is 18.0. The normalized spacial score (nSPS) is 17.2. The average Bonchev–Trinajstić information content (AvgIpc) is 2.85. The van der Waals surface area contributed by atoms with Crippen LogP contribution >= 0.6 is 0 Å². The predicted molar refractivity (Wildman–Crippen MR) is 142 cm³/mol. The highest BCUT2D eigenvalue weighted by molar-refractivity contribution is 5.96. The molecule has 1 aromatic heterocycles. The van der Waals surface area contributed by atoms with Gasteiger partial charge in [-0.25, -0.2) is 19.0 Å². The number of methoxy groups -OCH3 is 2. The van der Waals surface area contributed by atoms with Gasteiger partial charge in [0.05, 0.1) is 26.9 Å². The predicted octanol–water partition coefficient (Wildman–Crippen LogP) is 5.41. The topological polar surface area (TPSA) is 120 Å². The van der Waals surface area contributed by atoms with Gasteiger partial charge in [0, 0.05) is 29.9 Å². The first-order valence-electron chi connectivity index (χ1n) is 12.7. The lowest BCUT2D eigenvalue weighted by atomic mass is 9.90. The van der Waals surface area contributed by atoms with E-state index < -0.39 is 23.5 Å². The number of halogens is 1. The first-order valence-corrected chi connectivity index (χ1v) is 12.7. The number of benzene rings is 1. The van der Waals surface area contributed by atoms with Crippen molar-refractivity contribution < 1.29 is 32.9 Å². The summed E-state index contributed by atoms with van der Waals surface area (Å²) in [6.07, 6.45) is 2.68. The SMILES string of the molecule is CCOC(=O)c1cc(F)c(N[C@@H]2CCCC[C@@H]2NC(=O)OC(C)(C)C)nc1Nc1cc(OC)cc(OC)c1. The maximum absolute atomic E-state index is 15.3. The third-order valence-corrected chi connectivity index (χ3v) is 5.88. The first kappa shape index (κ1) is 28.8. The molecule has 208 valence electrons. The molecule has 0 unspecified atom stereocenters. The molecule has 1 heterocycles. The highest BCUT2D eigenvalue weighted by Crippen LogP contribution is 2.31. The zero-order chi connectivity index (χ0) is 27.9. The number of nitrogens with one attached hydrogen (secondary N) is 3. The van der Waals surface area contributed by atoms with E-state index in [4.69, 9.17) is 18.9 Å². The van der Waals surface area contributed by atoms with Crippen LogP contribution in [0.5, 0.6) is 11.5 Å². The van der Waals surface area contributed by atoms with E-state index in [9.17, 15) is 9.59 Å². The molecule has 1 saturated carbocycles. The molecule has 0 saturated heterocycles. The number of hydrogen-bond acceptors (Lipinski definition) is 9. The molecule has 0 aliphatic heterocycles. The number of ether oxygens (including phenoxy) is 4. The molecular formula is C27H37FN4O6. The average molecular weight is 533 g/mol. The quantitative estimate of drug-likeness (QED) is 0.364. The number of anilines is 3. The van der Waals surface area contributed by atoms with Gasteiger partial charge in [0.2, 0.25) is 0 Å². The van der Waals surface area contributed by atoms with Gasteiger partial charge in [0.1, 0.15) is 28.5 Å². The molecule has 38 heavy (non-hydrogen) atoms. The van der Waals surface area contributed by atoms with Gasteiger partial charge >= 0.3 is 12.1 Å². The second-order valence-electron chi connectivity index (χ2n) is 9.95. The van der Waals surface area contributed by atoms with E-state index >= 15 is 4.39 Å². The Morgan fingerprint density at radius 1 is 1.00 bits per heavy atom. The molecule has 3 N–H and O–H groups in total. The van der Waals surface area contributed by atoms with Crippen LogP contribution in [0, 0.1) is 5.82 Å². The van der Waals surface area contributed by atoms with Crippen molar-refractivity contribution in [3.05, 3.63) is 35.6 Å². The summed E-state index contributed by atoms with van der Waals surface area (Å²) < 4.78 is 36.4. The third-order valence-electron chi connectivity index (χ3n) is 5.88. The lowest BCUT2D eigenvalue weighted by Crippen LogP contribution is -2.50. The van der Waals surface area contributed by atoms with E-state index in [0.29, 0.717) is 30.0 Å². The fourth-order valence-corrected chi connectivity index (χ4v) is 4.18. The summed E-state index contributed by atoms with van der Waals surface area (Å²) >= 11 is 0. The summed E-state index contributed by atoms with van der Waals surface area (Å²) in [5.74, 6) is -0.367. The fraction of sp³-hybridized carbons (Fsp3) is 0.519. The highest BCUT2D eigenvalue weighted by atomic mass is 19.1. The van der Waals surface area contributed by atoms with Crippen LogP contribution in [-0.4, -0.2) is 55.6 Å². The van der Waals surface area contributed by atoms with Crippen molar-refractivity contribution in [2.45, 2.75) is 71.1 Å². The van der Waals surface area contributed by atoms with Crippen molar-refractivity contribution in [3.8, 4) is 11.5 Å². The van der Waals surface area contributed by atoms with Crippen LogP contribution in [-0.2, 0) is 9.47 Å². The lowest BCUT2D eigenvalue weighted by Gasteiger charge is -2.34. The van der Waals surface area contributed by atoms with Crippen LogP contribution in [0.4, 0.5) is 26.5 Å². The number of carbonyl (C=O) groups excluding carboxylic acids is 2. The van der Waals surface area contributed by atoms with Gasteiger partial charge in [-0.05, 0) is 46.6 Å². The Balaban J connectivity index is 1.92. The number of esters is 1. The third kappa shape index (κ3) is 7.87. The number of carbonyl (C=O) groups is 2. The smallest absolute Gasteiger partial charge is 0.407 e. The molecular weight excluding hydrogens is 495 g/mol. The number of alkyl carbamates (subject to hydrolysis) is 1. The molecule has 3 rings (SSSR count). The number of hydrogen-bond donors (Lipinski definition) is 3. The van der Waals surface area contributed by atoms with E-state index in [0.717, 1.165) is 18.9 Å². The largest absolute Gasteiger partial charge is 0.497 e. The number of nitrogens with zero attached hydrogens (tertiary/aromatic N) is 1. The Kier molecular flexibility index (Phi) is 9.60. The Hall–Kier alpha value is -3.76. The van der Waals surface area contributed by atoms with Gasteiger partial charge in [0.25, 0.3) is 0 Å². The van der Waals surface area contributed by atoms with E-state index in [1.54, 1.807) is 45.9 Å². The Morgan fingerprint density at radius 2 is 1.63 bits per heavy atom. The second-order valence-corrected chi connectivity index (χ2v) is 9.95. The van der Waals surface area contributed by atoms with Crippen molar-refractivity contribution in [1.29, 1.82) is 0 Å². The van der Waals surface area contributed by atoms with E-state index in [1.807, 2.05) is 0 Å².